The van der Waals surface area contributed by atoms with Crippen LogP contribution in [0.3, 0.4) is 0 Å². The zero-order valence-electron chi connectivity index (χ0n) is 10.3. The average molecular weight is 207 g/mol. The van der Waals surface area contributed by atoms with Crippen molar-refractivity contribution in [1.82, 2.24) is 4.90 Å². The monoisotopic (exact) mass is 207 g/mol. The van der Waals surface area contributed by atoms with E-state index in [1.54, 1.807) is 0 Å². The third-order valence-corrected chi connectivity index (χ3v) is 3.27. The van der Waals surface area contributed by atoms with Crippen LogP contribution in [0.5, 0.6) is 0 Å². The third-order valence-electron chi connectivity index (χ3n) is 3.27. The molecule has 15 heavy (non-hydrogen) atoms. The van der Waals surface area contributed by atoms with Gasteiger partial charge in [0, 0.05) is 24.1 Å². The quantitative estimate of drug-likeness (QED) is 0.637. The number of carbonyl (C=O) groups excluding carboxylic acids is 1. The normalized spacial score (nSPS) is 22.1. The smallest absolute Gasteiger partial charge is 0.227 e. The van der Waals surface area contributed by atoms with Gasteiger partial charge in [-0.15, -0.1) is 0 Å². The lowest BCUT2D eigenvalue weighted by Gasteiger charge is -2.40. The number of hydrogen-bond donors (Lipinski definition) is 0. The fourth-order valence-corrected chi connectivity index (χ4v) is 1.74. The second-order valence-corrected chi connectivity index (χ2v) is 4.95. The van der Waals surface area contributed by atoms with Crippen molar-refractivity contribution >= 4 is 5.91 Å². The summed E-state index contributed by atoms with van der Waals surface area (Å²) in [6.07, 6.45) is 3.60. The Balaban J connectivity index is 2.85. The van der Waals surface area contributed by atoms with Gasteiger partial charge in [-0.2, -0.15) is 0 Å². The molecule has 0 atom stereocenters. The van der Waals surface area contributed by atoms with Crippen molar-refractivity contribution in [3.05, 3.63) is 23.9 Å². The summed E-state index contributed by atoms with van der Waals surface area (Å²) >= 11 is 0. The highest BCUT2D eigenvalue weighted by atomic mass is 16.2. The van der Waals surface area contributed by atoms with Crippen LogP contribution in [0.25, 0.3) is 0 Å². The Bertz CT molecular complexity index is 312. The lowest BCUT2D eigenvalue weighted by Crippen LogP contribution is -2.42. The summed E-state index contributed by atoms with van der Waals surface area (Å²) in [6, 6.07) is 0. The van der Waals surface area contributed by atoms with E-state index < -0.39 is 0 Å². The van der Waals surface area contributed by atoms with Crippen molar-refractivity contribution in [2.75, 3.05) is 6.54 Å². The standard InChI is InChI=1S/C13H21NO/c1-6-10(2)9-14-11(3)13(4,5)8-7-12(14)15/h6H,3,7-9H2,1-2,4-5H3. The number of allylic oxidation sites excluding steroid dienone is 2. The second kappa shape index (κ2) is 4.21. The largest absolute Gasteiger partial charge is 0.312 e. The molecule has 0 saturated carbocycles. The summed E-state index contributed by atoms with van der Waals surface area (Å²) in [5, 5.41) is 0. The first-order valence-electron chi connectivity index (χ1n) is 5.50. The predicted octanol–water partition coefficient (Wildman–Crippen LogP) is 3.11. The highest BCUT2D eigenvalue weighted by Crippen LogP contribution is 2.37. The summed E-state index contributed by atoms with van der Waals surface area (Å²) in [6.45, 7) is 13.1. The first-order chi connectivity index (χ1) is 6.88. The molecule has 0 aliphatic carbocycles. The molecule has 0 bridgehead atoms. The van der Waals surface area contributed by atoms with Crippen molar-refractivity contribution in [3.63, 3.8) is 0 Å². The molecule has 1 saturated heterocycles. The van der Waals surface area contributed by atoms with E-state index >= 15 is 0 Å². The van der Waals surface area contributed by atoms with E-state index in [4.69, 9.17) is 0 Å². The lowest BCUT2D eigenvalue weighted by atomic mass is 9.80. The Morgan fingerprint density at radius 3 is 2.73 bits per heavy atom. The Hall–Kier alpha value is -1.05. The van der Waals surface area contributed by atoms with Crippen molar-refractivity contribution in [1.29, 1.82) is 0 Å². The fourth-order valence-electron chi connectivity index (χ4n) is 1.74. The Labute approximate surface area is 92.7 Å². The molecule has 0 spiro atoms. The van der Waals surface area contributed by atoms with Gasteiger partial charge in [-0.3, -0.25) is 4.79 Å². The van der Waals surface area contributed by atoms with Crippen molar-refractivity contribution < 1.29 is 4.79 Å². The molecule has 2 heteroatoms. The molecule has 0 aromatic carbocycles. The van der Waals surface area contributed by atoms with E-state index in [1.807, 2.05) is 24.8 Å². The topological polar surface area (TPSA) is 20.3 Å². The van der Waals surface area contributed by atoms with Crippen molar-refractivity contribution in [3.8, 4) is 0 Å². The van der Waals surface area contributed by atoms with Crippen LogP contribution in [-0.4, -0.2) is 17.4 Å². The van der Waals surface area contributed by atoms with Gasteiger partial charge in [0.1, 0.15) is 0 Å². The summed E-state index contributed by atoms with van der Waals surface area (Å²) in [5.74, 6) is 0.209. The number of rotatable bonds is 2. The molecule has 1 aliphatic heterocycles. The molecule has 2 nitrogen and oxygen atoms in total. The van der Waals surface area contributed by atoms with Gasteiger partial charge in [-0.25, -0.2) is 0 Å². The molecular weight excluding hydrogens is 186 g/mol. The molecule has 0 aromatic heterocycles. The molecule has 1 aliphatic rings. The highest BCUT2D eigenvalue weighted by molar-refractivity contribution is 5.79. The SMILES string of the molecule is C=C1N(CC(C)=CC)C(=O)CCC1(C)C. The van der Waals surface area contributed by atoms with Gasteiger partial charge in [0.2, 0.25) is 5.91 Å². The molecule has 1 fully saturated rings. The molecule has 84 valence electrons. The first kappa shape index (κ1) is 12.0. The van der Waals surface area contributed by atoms with E-state index in [0.717, 1.165) is 12.1 Å². The average Bonchev–Trinajstić information content (AvgIpc) is 2.19. The number of likely N-dealkylation sites (tertiary alicyclic amines) is 1. The molecule has 0 unspecified atom stereocenters. The molecule has 1 heterocycles. The molecule has 1 rings (SSSR count). The van der Waals surface area contributed by atoms with Crippen LogP contribution >= 0.6 is 0 Å². The van der Waals surface area contributed by atoms with E-state index in [-0.39, 0.29) is 11.3 Å². The second-order valence-electron chi connectivity index (χ2n) is 4.95. The van der Waals surface area contributed by atoms with Gasteiger partial charge in [0.15, 0.2) is 0 Å². The Kier molecular flexibility index (Phi) is 3.38. The summed E-state index contributed by atoms with van der Waals surface area (Å²) in [4.78, 5) is 13.6. The minimum absolute atomic E-state index is 0.0575. The molecular formula is C13H21NO. The number of amides is 1. The van der Waals surface area contributed by atoms with Crippen LogP contribution in [0.2, 0.25) is 0 Å². The van der Waals surface area contributed by atoms with Gasteiger partial charge < -0.3 is 4.90 Å². The summed E-state index contributed by atoms with van der Waals surface area (Å²) in [5.41, 5.74) is 2.23. The third kappa shape index (κ3) is 2.49. The van der Waals surface area contributed by atoms with E-state index in [9.17, 15) is 4.79 Å². The zero-order chi connectivity index (χ0) is 11.6. The lowest BCUT2D eigenvalue weighted by molar-refractivity contribution is -0.132. The fraction of sp³-hybridized carbons (Fsp3) is 0.615. The van der Waals surface area contributed by atoms with Crippen LogP contribution in [0.4, 0.5) is 0 Å². The number of piperidine rings is 1. The van der Waals surface area contributed by atoms with Crippen molar-refractivity contribution in [2.45, 2.75) is 40.5 Å². The minimum Gasteiger partial charge on any atom is -0.312 e. The van der Waals surface area contributed by atoms with Crippen LogP contribution in [-0.2, 0) is 4.79 Å². The maximum atomic E-state index is 11.8. The van der Waals surface area contributed by atoms with Gasteiger partial charge in [0.05, 0.1) is 0 Å². The Morgan fingerprint density at radius 1 is 1.60 bits per heavy atom. The summed E-state index contributed by atoms with van der Waals surface area (Å²) < 4.78 is 0. The van der Waals surface area contributed by atoms with Crippen LogP contribution in [0.15, 0.2) is 23.9 Å². The molecule has 0 radical (unpaired) electrons. The van der Waals surface area contributed by atoms with E-state index in [1.165, 1.54) is 5.57 Å². The summed E-state index contributed by atoms with van der Waals surface area (Å²) in [7, 11) is 0. The minimum atomic E-state index is 0.0575. The maximum absolute atomic E-state index is 11.8. The van der Waals surface area contributed by atoms with Crippen LogP contribution in [0.1, 0.15) is 40.5 Å². The molecule has 1 amide bonds. The first-order valence-corrected chi connectivity index (χ1v) is 5.50. The van der Waals surface area contributed by atoms with E-state index in [2.05, 4.69) is 20.4 Å². The van der Waals surface area contributed by atoms with Crippen molar-refractivity contribution in [2.24, 2.45) is 5.41 Å². The number of hydrogen-bond acceptors (Lipinski definition) is 1. The highest BCUT2D eigenvalue weighted by Gasteiger charge is 2.34. The zero-order valence-corrected chi connectivity index (χ0v) is 10.3. The van der Waals surface area contributed by atoms with Crippen LogP contribution < -0.4 is 0 Å². The van der Waals surface area contributed by atoms with E-state index in [0.29, 0.717) is 13.0 Å². The van der Waals surface area contributed by atoms with Gasteiger partial charge in [-0.1, -0.05) is 32.1 Å². The Morgan fingerprint density at radius 2 is 2.20 bits per heavy atom. The number of carbonyl (C=O) groups is 1. The van der Waals surface area contributed by atoms with Gasteiger partial charge in [-0.05, 0) is 20.3 Å². The predicted molar refractivity (Wildman–Crippen MR) is 63.3 cm³/mol. The molecule has 0 aromatic rings. The maximum Gasteiger partial charge on any atom is 0.227 e. The molecule has 0 N–H and O–H groups in total. The van der Waals surface area contributed by atoms with Gasteiger partial charge >= 0.3 is 0 Å². The van der Waals surface area contributed by atoms with Crippen LogP contribution in [0, 0.1) is 5.41 Å². The van der Waals surface area contributed by atoms with Gasteiger partial charge in [0.25, 0.3) is 0 Å². The number of nitrogens with zero attached hydrogens (tertiary/aromatic N) is 1.